The predicted octanol–water partition coefficient (Wildman–Crippen LogP) is 1.40. The Balaban J connectivity index is 1.99. The molecule has 1 aromatic rings. The fourth-order valence-corrected chi connectivity index (χ4v) is 2.64. The quantitative estimate of drug-likeness (QED) is 0.447. The van der Waals surface area contributed by atoms with Gasteiger partial charge in [0.05, 0.1) is 29.8 Å². The summed E-state index contributed by atoms with van der Waals surface area (Å²) >= 11 is 0. The Bertz CT molecular complexity index is 666. The lowest BCUT2D eigenvalue weighted by Crippen LogP contribution is -2.49. The maximum Gasteiger partial charge on any atom is 0.338 e. The highest BCUT2D eigenvalue weighted by Gasteiger charge is 2.27. The normalized spacial score (nSPS) is 20.0. The fraction of sp³-hybridized carbons (Fsp3) is 0.500. The highest BCUT2D eigenvalue weighted by Crippen LogP contribution is 2.27. The van der Waals surface area contributed by atoms with Gasteiger partial charge in [-0.25, -0.2) is 4.79 Å². The van der Waals surface area contributed by atoms with Crippen LogP contribution in [0.5, 0.6) is 5.75 Å². The van der Waals surface area contributed by atoms with Gasteiger partial charge < -0.3 is 19.1 Å². The van der Waals surface area contributed by atoms with Gasteiger partial charge in [0.25, 0.3) is 5.91 Å². The molecule has 1 aromatic carbocycles. The molecule has 0 aromatic heterocycles. The fourth-order valence-electron chi connectivity index (χ4n) is 2.64. The summed E-state index contributed by atoms with van der Waals surface area (Å²) in [6.45, 7) is 4.14. The minimum atomic E-state index is -0.812. The molecule has 0 saturated carbocycles. The van der Waals surface area contributed by atoms with Gasteiger partial charge in [-0.2, -0.15) is 0 Å². The van der Waals surface area contributed by atoms with Crippen LogP contribution in [-0.2, 0) is 14.3 Å². The summed E-state index contributed by atoms with van der Waals surface area (Å²) in [5, 5.41) is 11.0. The van der Waals surface area contributed by atoms with Crippen molar-refractivity contribution in [3.8, 4) is 5.75 Å². The van der Waals surface area contributed by atoms with Crippen LogP contribution in [-0.4, -0.2) is 60.7 Å². The molecule has 9 heteroatoms. The molecule has 0 radical (unpaired) electrons. The van der Waals surface area contributed by atoms with Crippen LogP contribution in [0, 0.1) is 10.1 Å². The minimum absolute atomic E-state index is 0.0241. The van der Waals surface area contributed by atoms with Crippen molar-refractivity contribution in [3.05, 3.63) is 33.9 Å². The van der Waals surface area contributed by atoms with Crippen molar-refractivity contribution in [2.45, 2.75) is 26.1 Å². The Morgan fingerprint density at radius 1 is 1.32 bits per heavy atom. The molecule has 1 amide bonds. The van der Waals surface area contributed by atoms with Crippen LogP contribution in [0.15, 0.2) is 18.2 Å². The van der Waals surface area contributed by atoms with Crippen LogP contribution in [0.4, 0.5) is 5.69 Å². The molecule has 25 heavy (non-hydrogen) atoms. The average molecular weight is 352 g/mol. The Morgan fingerprint density at radius 2 is 1.96 bits per heavy atom. The topological polar surface area (TPSA) is 108 Å². The van der Waals surface area contributed by atoms with E-state index in [1.54, 1.807) is 4.90 Å². The second-order valence-electron chi connectivity index (χ2n) is 5.78. The molecule has 0 unspecified atom stereocenters. The van der Waals surface area contributed by atoms with E-state index in [0.29, 0.717) is 13.1 Å². The van der Waals surface area contributed by atoms with Gasteiger partial charge in [-0.3, -0.25) is 14.9 Å². The number of morpholine rings is 1. The van der Waals surface area contributed by atoms with Crippen LogP contribution in [0.3, 0.4) is 0 Å². The highest BCUT2D eigenvalue weighted by atomic mass is 16.6. The number of benzene rings is 1. The largest absolute Gasteiger partial charge is 0.490 e. The van der Waals surface area contributed by atoms with Gasteiger partial charge in [0, 0.05) is 19.2 Å². The lowest BCUT2D eigenvalue weighted by atomic mass is 10.2. The first-order chi connectivity index (χ1) is 11.8. The Labute approximate surface area is 144 Å². The third-order valence-corrected chi connectivity index (χ3v) is 3.71. The zero-order chi connectivity index (χ0) is 18.6. The van der Waals surface area contributed by atoms with Gasteiger partial charge >= 0.3 is 11.7 Å². The number of carbonyl (C=O) groups is 2. The molecule has 1 aliphatic heterocycles. The van der Waals surface area contributed by atoms with Crippen molar-refractivity contribution in [2.75, 3.05) is 26.8 Å². The summed E-state index contributed by atoms with van der Waals surface area (Å²) in [5.41, 5.74) is -0.372. The molecule has 2 rings (SSSR count). The maximum atomic E-state index is 12.2. The Hall–Kier alpha value is -2.68. The number of amides is 1. The third-order valence-electron chi connectivity index (χ3n) is 3.71. The van der Waals surface area contributed by atoms with Crippen molar-refractivity contribution in [2.24, 2.45) is 0 Å². The van der Waals surface area contributed by atoms with E-state index in [0.717, 1.165) is 6.07 Å². The number of methoxy groups -OCH3 is 1. The zero-order valence-electron chi connectivity index (χ0n) is 14.3. The molecule has 0 spiro atoms. The lowest BCUT2D eigenvalue weighted by Gasteiger charge is -2.35. The van der Waals surface area contributed by atoms with E-state index in [2.05, 4.69) is 0 Å². The number of rotatable bonds is 5. The number of hydrogen-bond donors (Lipinski definition) is 0. The van der Waals surface area contributed by atoms with Crippen molar-refractivity contribution in [1.29, 1.82) is 0 Å². The zero-order valence-corrected chi connectivity index (χ0v) is 14.3. The number of nitrogens with zero attached hydrogens (tertiary/aromatic N) is 2. The molecule has 0 aliphatic carbocycles. The van der Waals surface area contributed by atoms with Crippen molar-refractivity contribution < 1.29 is 28.7 Å². The molecule has 1 heterocycles. The van der Waals surface area contributed by atoms with Gasteiger partial charge in [-0.15, -0.1) is 0 Å². The second-order valence-corrected chi connectivity index (χ2v) is 5.78. The minimum Gasteiger partial charge on any atom is -0.490 e. The summed E-state index contributed by atoms with van der Waals surface area (Å²) in [4.78, 5) is 36.1. The smallest absolute Gasteiger partial charge is 0.338 e. The number of esters is 1. The van der Waals surface area contributed by atoms with Crippen LogP contribution in [0.2, 0.25) is 0 Å². The van der Waals surface area contributed by atoms with Gasteiger partial charge in [0.2, 0.25) is 0 Å². The maximum absolute atomic E-state index is 12.2. The number of carbonyl (C=O) groups excluding carboxylic acids is 2. The summed E-state index contributed by atoms with van der Waals surface area (Å²) in [7, 11) is 1.29. The van der Waals surface area contributed by atoms with E-state index in [9.17, 15) is 19.7 Å². The highest BCUT2D eigenvalue weighted by molar-refractivity contribution is 5.92. The van der Waals surface area contributed by atoms with E-state index >= 15 is 0 Å². The monoisotopic (exact) mass is 352 g/mol. The number of nitro benzene ring substituents is 1. The van der Waals surface area contributed by atoms with E-state index in [1.165, 1.54) is 19.2 Å². The van der Waals surface area contributed by atoms with Gasteiger partial charge in [0.1, 0.15) is 0 Å². The molecule has 1 saturated heterocycles. The van der Waals surface area contributed by atoms with E-state index in [1.807, 2.05) is 13.8 Å². The van der Waals surface area contributed by atoms with Gasteiger partial charge in [-0.1, -0.05) is 0 Å². The van der Waals surface area contributed by atoms with Crippen molar-refractivity contribution >= 4 is 17.6 Å². The average Bonchev–Trinajstić information content (AvgIpc) is 2.57. The van der Waals surface area contributed by atoms with Crippen LogP contribution < -0.4 is 4.74 Å². The number of nitro groups is 1. The molecule has 2 atom stereocenters. The molecule has 136 valence electrons. The van der Waals surface area contributed by atoms with Gasteiger partial charge in [0.15, 0.2) is 12.4 Å². The summed E-state index contributed by atoms with van der Waals surface area (Å²) in [6.07, 6.45) is -0.180. The molecule has 9 nitrogen and oxygen atoms in total. The van der Waals surface area contributed by atoms with Crippen LogP contribution in [0.25, 0.3) is 0 Å². The SMILES string of the molecule is COc1ccc(C(=O)OCC(=O)N2C[C@@H](C)O[C@H](C)C2)cc1[N+](=O)[O-]. The molecule has 1 fully saturated rings. The standard InChI is InChI=1S/C16H20N2O7/c1-10-7-17(8-11(2)25-10)15(19)9-24-16(20)12-4-5-14(23-3)13(6-12)18(21)22/h4-6,10-11H,7-9H2,1-3H3/t10-,11-/m1/s1. The van der Waals surface area contributed by atoms with E-state index in [-0.39, 0.29) is 35.1 Å². The lowest BCUT2D eigenvalue weighted by molar-refractivity contribution is -0.385. The van der Waals surface area contributed by atoms with Crippen LogP contribution in [0.1, 0.15) is 24.2 Å². The summed E-state index contributed by atoms with van der Waals surface area (Å²) in [5.74, 6) is -1.11. The van der Waals surface area contributed by atoms with E-state index < -0.39 is 17.5 Å². The molecule has 0 N–H and O–H groups in total. The second kappa shape index (κ2) is 7.93. The van der Waals surface area contributed by atoms with Crippen LogP contribution >= 0.6 is 0 Å². The number of ether oxygens (including phenoxy) is 3. The predicted molar refractivity (Wildman–Crippen MR) is 86.5 cm³/mol. The van der Waals surface area contributed by atoms with Crippen molar-refractivity contribution in [3.63, 3.8) is 0 Å². The first-order valence-electron chi connectivity index (χ1n) is 7.74. The Kier molecular flexibility index (Phi) is 5.92. The molecule has 1 aliphatic rings. The first-order valence-corrected chi connectivity index (χ1v) is 7.74. The van der Waals surface area contributed by atoms with Crippen molar-refractivity contribution in [1.82, 2.24) is 4.90 Å². The molecule has 0 bridgehead atoms. The van der Waals surface area contributed by atoms with E-state index in [4.69, 9.17) is 14.2 Å². The summed E-state index contributed by atoms with van der Waals surface area (Å²) < 4.78 is 15.4. The molecular formula is C16H20N2O7. The number of hydrogen-bond acceptors (Lipinski definition) is 7. The molecular weight excluding hydrogens is 332 g/mol. The van der Waals surface area contributed by atoms with Gasteiger partial charge in [-0.05, 0) is 26.0 Å². The third kappa shape index (κ3) is 4.66. The first kappa shape index (κ1) is 18.7. The Morgan fingerprint density at radius 3 is 2.52 bits per heavy atom. The summed E-state index contributed by atoms with van der Waals surface area (Å²) in [6, 6.07) is 3.71.